The molecular weight excluding hydrogens is 258 g/mol. The number of nitrogens with one attached hydrogen (secondary N) is 1. The van der Waals surface area contributed by atoms with Gasteiger partial charge in [-0.15, -0.1) is 0 Å². The summed E-state index contributed by atoms with van der Waals surface area (Å²) in [6.07, 6.45) is 0.905. The normalized spacial score (nSPS) is 13.8. The Kier molecular flexibility index (Phi) is 3.47. The predicted molar refractivity (Wildman–Crippen MR) is 71.1 cm³/mol. The summed E-state index contributed by atoms with van der Waals surface area (Å²) in [5.41, 5.74) is 3.32. The van der Waals surface area contributed by atoms with Gasteiger partial charge >= 0.3 is 5.97 Å². The van der Waals surface area contributed by atoms with E-state index >= 15 is 0 Å². The SMILES string of the molecule is CCOC(=O)c1noc(-c2cccc3c2CCNC3)n1. The van der Waals surface area contributed by atoms with E-state index in [2.05, 4.69) is 21.5 Å². The first-order valence-electron chi connectivity index (χ1n) is 6.62. The van der Waals surface area contributed by atoms with Crippen LogP contribution in [0.5, 0.6) is 0 Å². The maximum Gasteiger partial charge on any atom is 0.379 e. The van der Waals surface area contributed by atoms with E-state index in [0.717, 1.165) is 25.1 Å². The molecule has 0 radical (unpaired) electrons. The molecule has 0 spiro atoms. The number of benzene rings is 1. The van der Waals surface area contributed by atoms with Crippen LogP contribution in [-0.4, -0.2) is 29.3 Å². The lowest BCUT2D eigenvalue weighted by atomic mass is 9.95. The van der Waals surface area contributed by atoms with E-state index in [-0.39, 0.29) is 12.4 Å². The molecule has 0 fully saturated rings. The number of esters is 1. The summed E-state index contributed by atoms with van der Waals surface area (Å²) in [4.78, 5) is 15.7. The van der Waals surface area contributed by atoms with Gasteiger partial charge in [-0.2, -0.15) is 4.98 Å². The van der Waals surface area contributed by atoms with Gasteiger partial charge in [-0.25, -0.2) is 4.79 Å². The topological polar surface area (TPSA) is 77.2 Å². The average molecular weight is 273 g/mol. The third kappa shape index (κ3) is 2.30. The summed E-state index contributed by atoms with van der Waals surface area (Å²) in [5.74, 6) is -0.228. The molecule has 104 valence electrons. The highest BCUT2D eigenvalue weighted by Crippen LogP contribution is 2.27. The van der Waals surface area contributed by atoms with Crippen molar-refractivity contribution in [2.45, 2.75) is 19.9 Å². The number of ether oxygens (including phenoxy) is 1. The van der Waals surface area contributed by atoms with Crippen LogP contribution in [0.15, 0.2) is 22.7 Å². The Morgan fingerprint density at radius 1 is 1.50 bits per heavy atom. The van der Waals surface area contributed by atoms with Gasteiger partial charge in [0, 0.05) is 12.1 Å². The number of hydrogen-bond donors (Lipinski definition) is 1. The summed E-state index contributed by atoms with van der Waals surface area (Å²) in [6, 6.07) is 5.97. The van der Waals surface area contributed by atoms with Gasteiger partial charge < -0.3 is 14.6 Å². The minimum atomic E-state index is -0.561. The van der Waals surface area contributed by atoms with Crippen LogP contribution in [-0.2, 0) is 17.7 Å². The first-order valence-corrected chi connectivity index (χ1v) is 6.62. The van der Waals surface area contributed by atoms with E-state index in [1.165, 1.54) is 11.1 Å². The molecule has 0 saturated carbocycles. The van der Waals surface area contributed by atoms with Crippen molar-refractivity contribution in [3.05, 3.63) is 35.2 Å². The molecule has 6 nitrogen and oxygen atoms in total. The fraction of sp³-hybridized carbons (Fsp3) is 0.357. The summed E-state index contributed by atoms with van der Waals surface area (Å²) in [5, 5.41) is 7.00. The van der Waals surface area contributed by atoms with Crippen LogP contribution in [0.25, 0.3) is 11.5 Å². The lowest BCUT2D eigenvalue weighted by Crippen LogP contribution is -2.24. The number of fused-ring (bicyclic) bond motifs is 1. The van der Waals surface area contributed by atoms with E-state index in [1.807, 2.05) is 12.1 Å². The first-order chi connectivity index (χ1) is 9.79. The Morgan fingerprint density at radius 3 is 3.25 bits per heavy atom. The van der Waals surface area contributed by atoms with Crippen molar-refractivity contribution in [2.24, 2.45) is 0 Å². The summed E-state index contributed by atoms with van der Waals surface area (Å²) in [7, 11) is 0. The standard InChI is InChI=1S/C14H15N3O3/c1-2-19-14(18)12-16-13(20-17-12)11-5-3-4-9-8-15-7-6-10(9)11/h3-5,15H,2,6-8H2,1H3. The number of rotatable bonds is 3. The van der Waals surface area contributed by atoms with Gasteiger partial charge in [0.1, 0.15) is 0 Å². The molecule has 1 aliphatic rings. The van der Waals surface area contributed by atoms with Crippen LogP contribution in [0.3, 0.4) is 0 Å². The van der Waals surface area contributed by atoms with Crippen molar-refractivity contribution in [1.29, 1.82) is 0 Å². The van der Waals surface area contributed by atoms with Crippen LogP contribution in [0, 0.1) is 0 Å². The fourth-order valence-corrected chi connectivity index (χ4v) is 2.34. The van der Waals surface area contributed by atoms with Crippen LogP contribution in [0.1, 0.15) is 28.7 Å². The van der Waals surface area contributed by atoms with Gasteiger partial charge in [-0.3, -0.25) is 0 Å². The Hall–Kier alpha value is -2.21. The quantitative estimate of drug-likeness (QED) is 0.855. The van der Waals surface area contributed by atoms with Crippen LogP contribution >= 0.6 is 0 Å². The molecule has 1 aliphatic heterocycles. The molecule has 1 aromatic heterocycles. The van der Waals surface area contributed by atoms with E-state index in [9.17, 15) is 4.79 Å². The zero-order chi connectivity index (χ0) is 13.9. The van der Waals surface area contributed by atoms with Crippen LogP contribution in [0.4, 0.5) is 0 Å². The van der Waals surface area contributed by atoms with E-state index in [0.29, 0.717) is 5.89 Å². The second kappa shape index (κ2) is 5.42. The van der Waals surface area contributed by atoms with Gasteiger partial charge in [0.2, 0.25) is 0 Å². The molecule has 0 aliphatic carbocycles. The molecule has 3 rings (SSSR count). The Labute approximate surface area is 116 Å². The van der Waals surface area contributed by atoms with Crippen molar-refractivity contribution in [3.63, 3.8) is 0 Å². The number of carbonyl (C=O) groups is 1. The third-order valence-electron chi connectivity index (χ3n) is 3.25. The van der Waals surface area contributed by atoms with Gasteiger partial charge in [0.15, 0.2) is 0 Å². The molecule has 2 heterocycles. The highest BCUT2D eigenvalue weighted by atomic mass is 16.5. The van der Waals surface area contributed by atoms with Gasteiger partial charge in [-0.1, -0.05) is 12.1 Å². The molecule has 0 bridgehead atoms. The fourth-order valence-electron chi connectivity index (χ4n) is 2.34. The van der Waals surface area contributed by atoms with E-state index < -0.39 is 5.97 Å². The van der Waals surface area contributed by atoms with E-state index in [1.54, 1.807) is 6.92 Å². The summed E-state index contributed by atoms with van der Waals surface area (Å²) < 4.78 is 10.1. The second-order valence-electron chi connectivity index (χ2n) is 4.51. The maximum absolute atomic E-state index is 11.6. The predicted octanol–water partition coefficient (Wildman–Crippen LogP) is 1.56. The Balaban J connectivity index is 1.96. The van der Waals surface area contributed by atoms with Crippen LogP contribution < -0.4 is 5.32 Å². The molecule has 1 aromatic carbocycles. The second-order valence-corrected chi connectivity index (χ2v) is 4.51. The van der Waals surface area contributed by atoms with Gasteiger partial charge in [-0.05, 0) is 42.2 Å². The average Bonchev–Trinajstić information content (AvgIpc) is 2.97. The number of nitrogens with zero attached hydrogens (tertiary/aromatic N) is 2. The minimum absolute atomic E-state index is 0.0339. The van der Waals surface area contributed by atoms with Gasteiger partial charge in [0.25, 0.3) is 11.7 Å². The van der Waals surface area contributed by atoms with Crippen molar-refractivity contribution >= 4 is 5.97 Å². The zero-order valence-electron chi connectivity index (χ0n) is 11.2. The Bertz CT molecular complexity index is 636. The lowest BCUT2D eigenvalue weighted by Gasteiger charge is -2.18. The molecule has 6 heteroatoms. The Morgan fingerprint density at radius 2 is 2.40 bits per heavy atom. The number of aromatic nitrogens is 2. The molecule has 0 unspecified atom stereocenters. The highest BCUT2D eigenvalue weighted by molar-refractivity contribution is 5.85. The van der Waals surface area contributed by atoms with Crippen LogP contribution in [0.2, 0.25) is 0 Å². The molecule has 1 N–H and O–H groups in total. The maximum atomic E-state index is 11.6. The lowest BCUT2D eigenvalue weighted by molar-refractivity contribution is 0.0508. The number of hydrogen-bond acceptors (Lipinski definition) is 6. The first kappa shape index (κ1) is 12.8. The van der Waals surface area contributed by atoms with Crippen molar-refractivity contribution in [2.75, 3.05) is 13.2 Å². The summed E-state index contributed by atoms with van der Waals surface area (Å²) >= 11 is 0. The zero-order valence-corrected chi connectivity index (χ0v) is 11.2. The molecule has 20 heavy (non-hydrogen) atoms. The highest BCUT2D eigenvalue weighted by Gasteiger charge is 2.20. The molecule has 0 atom stereocenters. The van der Waals surface area contributed by atoms with Crippen molar-refractivity contribution < 1.29 is 14.1 Å². The smallest absolute Gasteiger partial charge is 0.379 e. The number of carbonyl (C=O) groups excluding carboxylic acids is 1. The van der Waals surface area contributed by atoms with Crippen molar-refractivity contribution in [3.8, 4) is 11.5 Å². The molecule has 0 saturated heterocycles. The third-order valence-corrected chi connectivity index (χ3v) is 3.25. The van der Waals surface area contributed by atoms with Crippen molar-refractivity contribution in [1.82, 2.24) is 15.5 Å². The summed E-state index contributed by atoms with van der Waals surface area (Å²) in [6.45, 7) is 3.78. The van der Waals surface area contributed by atoms with E-state index in [4.69, 9.17) is 9.26 Å². The molecular formula is C14H15N3O3. The molecule has 2 aromatic rings. The largest absolute Gasteiger partial charge is 0.460 e. The minimum Gasteiger partial charge on any atom is -0.460 e. The van der Waals surface area contributed by atoms with Gasteiger partial charge in [0.05, 0.1) is 6.61 Å². The molecule has 0 amide bonds. The monoisotopic (exact) mass is 273 g/mol.